The van der Waals surface area contributed by atoms with Crippen LogP contribution in [0.4, 0.5) is 8.78 Å². The topological polar surface area (TPSA) is 20.2 Å². The maximum atomic E-state index is 13.0. The van der Waals surface area contributed by atoms with Gasteiger partial charge in [-0.2, -0.15) is 0 Å². The van der Waals surface area contributed by atoms with Crippen LogP contribution in [0.15, 0.2) is 24.3 Å². The molecule has 0 radical (unpaired) electrons. The molecule has 0 bridgehead atoms. The standard InChI is InChI=1S/C12H14F2O/c13-12(14)5-4-11(7-12)10-3-1-2-9(6-10)8-15/h1-3,6,11,15H,4-5,7-8H2. The fourth-order valence-electron chi connectivity index (χ4n) is 2.18. The van der Waals surface area contributed by atoms with E-state index in [1.165, 1.54) is 0 Å². The molecule has 0 saturated heterocycles. The molecule has 1 nitrogen and oxygen atoms in total. The molecule has 1 aliphatic carbocycles. The molecule has 1 aromatic carbocycles. The second kappa shape index (κ2) is 3.89. The molecular formula is C12H14F2O. The highest BCUT2D eigenvalue weighted by molar-refractivity contribution is 5.27. The number of aliphatic hydroxyl groups is 1. The molecule has 1 unspecified atom stereocenters. The van der Waals surface area contributed by atoms with Crippen LogP contribution in [0.1, 0.15) is 36.3 Å². The van der Waals surface area contributed by atoms with Crippen molar-refractivity contribution in [3.63, 3.8) is 0 Å². The van der Waals surface area contributed by atoms with Gasteiger partial charge in [0.25, 0.3) is 0 Å². The van der Waals surface area contributed by atoms with E-state index in [0.29, 0.717) is 6.42 Å². The second-order valence-corrected chi connectivity index (χ2v) is 4.20. The summed E-state index contributed by atoms with van der Waals surface area (Å²) < 4.78 is 26.0. The van der Waals surface area contributed by atoms with E-state index in [4.69, 9.17) is 5.11 Å². The SMILES string of the molecule is OCc1cccc(C2CCC(F)(F)C2)c1. The van der Waals surface area contributed by atoms with Crippen LogP contribution < -0.4 is 0 Å². The molecule has 0 amide bonds. The van der Waals surface area contributed by atoms with E-state index < -0.39 is 5.92 Å². The predicted molar refractivity (Wildman–Crippen MR) is 53.9 cm³/mol. The minimum absolute atomic E-state index is 0.0129. The summed E-state index contributed by atoms with van der Waals surface area (Å²) in [4.78, 5) is 0. The Morgan fingerprint density at radius 1 is 1.40 bits per heavy atom. The van der Waals surface area contributed by atoms with Crippen LogP contribution in [0.25, 0.3) is 0 Å². The Bertz CT molecular complexity index is 349. The van der Waals surface area contributed by atoms with E-state index >= 15 is 0 Å². The van der Waals surface area contributed by atoms with Crippen molar-refractivity contribution < 1.29 is 13.9 Å². The van der Waals surface area contributed by atoms with Gasteiger partial charge in [-0.15, -0.1) is 0 Å². The van der Waals surface area contributed by atoms with E-state index in [1.54, 1.807) is 6.07 Å². The van der Waals surface area contributed by atoms with Gasteiger partial charge < -0.3 is 5.11 Å². The van der Waals surface area contributed by atoms with Crippen molar-refractivity contribution in [1.82, 2.24) is 0 Å². The predicted octanol–water partition coefficient (Wildman–Crippen LogP) is 3.08. The molecule has 1 saturated carbocycles. The third-order valence-electron chi connectivity index (χ3n) is 3.01. The molecule has 1 atom stereocenters. The molecule has 1 fully saturated rings. The van der Waals surface area contributed by atoms with Gasteiger partial charge in [-0.1, -0.05) is 24.3 Å². The molecule has 2 rings (SSSR count). The summed E-state index contributed by atoms with van der Waals surface area (Å²) in [5.41, 5.74) is 1.72. The summed E-state index contributed by atoms with van der Waals surface area (Å²) in [6, 6.07) is 7.31. The van der Waals surface area contributed by atoms with Crippen LogP contribution >= 0.6 is 0 Å². The molecule has 0 aromatic heterocycles. The third kappa shape index (κ3) is 2.34. The fraction of sp³-hybridized carbons (Fsp3) is 0.500. The summed E-state index contributed by atoms with van der Waals surface area (Å²) in [5.74, 6) is -2.55. The normalized spacial score (nSPS) is 24.3. The Hall–Kier alpha value is -0.960. The molecule has 0 aliphatic heterocycles. The maximum absolute atomic E-state index is 13.0. The molecule has 0 spiro atoms. The highest BCUT2D eigenvalue weighted by atomic mass is 19.3. The van der Waals surface area contributed by atoms with Crippen molar-refractivity contribution in [3.8, 4) is 0 Å². The van der Waals surface area contributed by atoms with Crippen molar-refractivity contribution in [2.45, 2.75) is 37.7 Å². The Morgan fingerprint density at radius 3 is 2.80 bits per heavy atom. The monoisotopic (exact) mass is 212 g/mol. The fourth-order valence-corrected chi connectivity index (χ4v) is 2.18. The molecule has 0 heterocycles. The van der Waals surface area contributed by atoms with Gasteiger partial charge in [-0.3, -0.25) is 0 Å². The lowest BCUT2D eigenvalue weighted by Crippen LogP contribution is -2.09. The summed E-state index contributed by atoms with van der Waals surface area (Å²) in [6.45, 7) is -0.0308. The van der Waals surface area contributed by atoms with E-state index in [1.807, 2.05) is 18.2 Å². The number of halogens is 2. The van der Waals surface area contributed by atoms with Crippen LogP contribution in [0.2, 0.25) is 0 Å². The van der Waals surface area contributed by atoms with Crippen LogP contribution in [0, 0.1) is 0 Å². The lowest BCUT2D eigenvalue weighted by molar-refractivity contribution is 0.00776. The second-order valence-electron chi connectivity index (χ2n) is 4.20. The van der Waals surface area contributed by atoms with E-state index in [9.17, 15) is 8.78 Å². The van der Waals surface area contributed by atoms with Crippen LogP contribution in [0.3, 0.4) is 0 Å². The maximum Gasteiger partial charge on any atom is 0.248 e. The molecule has 15 heavy (non-hydrogen) atoms. The van der Waals surface area contributed by atoms with Crippen molar-refractivity contribution >= 4 is 0 Å². The Labute approximate surface area is 87.7 Å². The number of hydrogen-bond donors (Lipinski definition) is 1. The zero-order chi connectivity index (χ0) is 10.9. The quantitative estimate of drug-likeness (QED) is 0.798. The van der Waals surface area contributed by atoms with E-state index in [0.717, 1.165) is 11.1 Å². The average molecular weight is 212 g/mol. The van der Waals surface area contributed by atoms with E-state index in [2.05, 4.69) is 0 Å². The largest absolute Gasteiger partial charge is 0.392 e. The first-order valence-electron chi connectivity index (χ1n) is 5.18. The zero-order valence-electron chi connectivity index (χ0n) is 8.42. The molecule has 3 heteroatoms. The first-order chi connectivity index (χ1) is 7.11. The molecule has 1 aliphatic rings. The Kier molecular flexibility index (Phi) is 2.74. The first kappa shape index (κ1) is 10.6. The number of rotatable bonds is 2. The van der Waals surface area contributed by atoms with Crippen molar-refractivity contribution in [2.75, 3.05) is 0 Å². The van der Waals surface area contributed by atoms with Gasteiger partial charge in [0.05, 0.1) is 6.61 Å². The van der Waals surface area contributed by atoms with E-state index in [-0.39, 0.29) is 25.4 Å². The van der Waals surface area contributed by atoms with Gasteiger partial charge in [0, 0.05) is 12.8 Å². The van der Waals surface area contributed by atoms with Crippen LogP contribution in [-0.4, -0.2) is 11.0 Å². The number of benzene rings is 1. The lowest BCUT2D eigenvalue weighted by atomic mass is 9.96. The number of aliphatic hydroxyl groups excluding tert-OH is 1. The summed E-state index contributed by atoms with van der Waals surface area (Å²) in [6.07, 6.45) is 0.477. The lowest BCUT2D eigenvalue weighted by Gasteiger charge is -2.11. The number of alkyl halides is 2. The molecule has 1 N–H and O–H groups in total. The smallest absolute Gasteiger partial charge is 0.248 e. The highest BCUT2D eigenvalue weighted by Gasteiger charge is 2.39. The minimum atomic E-state index is -2.50. The van der Waals surface area contributed by atoms with Gasteiger partial charge in [0.15, 0.2) is 0 Å². The van der Waals surface area contributed by atoms with Gasteiger partial charge in [0.2, 0.25) is 5.92 Å². The molecule has 82 valence electrons. The molecule has 1 aromatic rings. The average Bonchev–Trinajstić information content (AvgIpc) is 2.59. The third-order valence-corrected chi connectivity index (χ3v) is 3.01. The Morgan fingerprint density at radius 2 is 2.20 bits per heavy atom. The van der Waals surface area contributed by atoms with Gasteiger partial charge in [0.1, 0.15) is 0 Å². The van der Waals surface area contributed by atoms with Crippen LogP contribution in [0.5, 0.6) is 0 Å². The molecular weight excluding hydrogens is 198 g/mol. The number of hydrogen-bond acceptors (Lipinski definition) is 1. The minimum Gasteiger partial charge on any atom is -0.392 e. The van der Waals surface area contributed by atoms with Gasteiger partial charge in [-0.25, -0.2) is 8.78 Å². The summed E-state index contributed by atoms with van der Waals surface area (Å²) in [5, 5.41) is 8.96. The summed E-state index contributed by atoms with van der Waals surface area (Å²) >= 11 is 0. The van der Waals surface area contributed by atoms with Crippen LogP contribution in [-0.2, 0) is 6.61 Å². The Balaban J connectivity index is 2.16. The van der Waals surface area contributed by atoms with Gasteiger partial charge >= 0.3 is 0 Å². The highest BCUT2D eigenvalue weighted by Crippen LogP contribution is 2.44. The van der Waals surface area contributed by atoms with Gasteiger partial charge in [-0.05, 0) is 23.5 Å². The zero-order valence-corrected chi connectivity index (χ0v) is 8.42. The van der Waals surface area contributed by atoms with Crippen molar-refractivity contribution in [2.24, 2.45) is 0 Å². The van der Waals surface area contributed by atoms with Crippen molar-refractivity contribution in [3.05, 3.63) is 35.4 Å². The van der Waals surface area contributed by atoms with Crippen molar-refractivity contribution in [1.29, 1.82) is 0 Å². The summed E-state index contributed by atoms with van der Waals surface area (Å²) in [7, 11) is 0. The first-order valence-corrected chi connectivity index (χ1v) is 5.18.